The van der Waals surface area contributed by atoms with Crippen molar-refractivity contribution < 1.29 is 8.42 Å². The van der Waals surface area contributed by atoms with Crippen molar-refractivity contribution in [3.05, 3.63) is 36.3 Å². The van der Waals surface area contributed by atoms with Crippen molar-refractivity contribution in [2.24, 2.45) is 0 Å². The third-order valence-corrected chi connectivity index (χ3v) is 4.30. The van der Waals surface area contributed by atoms with E-state index in [4.69, 9.17) is 0 Å². The maximum Gasteiger partial charge on any atom is 0.208 e. The van der Waals surface area contributed by atoms with Crippen LogP contribution in [0.2, 0.25) is 0 Å². The second-order valence-corrected chi connectivity index (χ2v) is 7.21. The maximum atomic E-state index is 10.9. The zero-order chi connectivity index (χ0) is 13.7. The predicted octanol–water partition coefficient (Wildman–Crippen LogP) is 1.51. The molecule has 0 aromatic carbocycles. The van der Waals surface area contributed by atoms with Gasteiger partial charge in [0.05, 0.1) is 11.9 Å². The summed E-state index contributed by atoms with van der Waals surface area (Å²) in [7, 11) is -3.06. The monoisotopic (exact) mass is 299 g/mol. The van der Waals surface area contributed by atoms with Crippen LogP contribution in [0.3, 0.4) is 0 Å². The number of rotatable bonds is 7. The van der Waals surface area contributed by atoms with Crippen LogP contribution in [0.5, 0.6) is 0 Å². The smallest absolute Gasteiger partial charge is 0.208 e. The fourth-order valence-corrected chi connectivity index (χ4v) is 3.02. The highest BCUT2D eigenvalue weighted by molar-refractivity contribution is 7.98. The average molecular weight is 299 g/mol. The number of aromatic nitrogens is 2. The minimum Gasteiger partial charge on any atom is -0.307 e. The van der Waals surface area contributed by atoms with E-state index >= 15 is 0 Å². The van der Waals surface area contributed by atoms with E-state index in [2.05, 4.69) is 9.71 Å². The van der Waals surface area contributed by atoms with Crippen LogP contribution in [0.1, 0.15) is 12.1 Å². The van der Waals surface area contributed by atoms with Crippen LogP contribution < -0.4 is 4.72 Å². The van der Waals surface area contributed by atoms with Crippen molar-refractivity contribution in [2.75, 3.05) is 18.6 Å². The van der Waals surface area contributed by atoms with Crippen molar-refractivity contribution in [3.8, 4) is 0 Å². The highest BCUT2D eigenvalue weighted by atomic mass is 32.2. The van der Waals surface area contributed by atoms with Gasteiger partial charge in [-0.1, -0.05) is 6.07 Å². The van der Waals surface area contributed by atoms with Crippen molar-refractivity contribution in [1.82, 2.24) is 14.1 Å². The zero-order valence-corrected chi connectivity index (χ0v) is 12.4. The minimum absolute atomic E-state index is 0.497. The second-order valence-electron chi connectivity index (χ2n) is 4.27. The van der Waals surface area contributed by atoms with E-state index in [0.717, 1.165) is 29.3 Å². The number of fused-ring (bicyclic) bond motifs is 1. The summed E-state index contributed by atoms with van der Waals surface area (Å²) in [5.41, 5.74) is 2.00. The highest BCUT2D eigenvalue weighted by Crippen LogP contribution is 2.13. The first-order valence-corrected chi connectivity index (χ1v) is 9.04. The molecule has 5 nitrogen and oxygen atoms in total. The summed E-state index contributed by atoms with van der Waals surface area (Å²) >= 11 is 1.76. The summed E-state index contributed by atoms with van der Waals surface area (Å²) in [6.07, 6.45) is 6.01. The molecule has 0 aliphatic heterocycles. The Balaban J connectivity index is 1.71. The van der Waals surface area contributed by atoms with Gasteiger partial charge < -0.3 is 4.40 Å². The summed E-state index contributed by atoms with van der Waals surface area (Å²) in [5.74, 6) is 1.76. The summed E-state index contributed by atoms with van der Waals surface area (Å²) in [5, 5.41) is 0. The maximum absolute atomic E-state index is 10.9. The van der Waals surface area contributed by atoms with Crippen LogP contribution in [0.25, 0.3) is 5.65 Å². The Morgan fingerprint density at radius 3 is 3.00 bits per heavy atom. The van der Waals surface area contributed by atoms with Gasteiger partial charge in [0.2, 0.25) is 10.0 Å². The van der Waals surface area contributed by atoms with Gasteiger partial charge >= 0.3 is 0 Å². The van der Waals surface area contributed by atoms with Crippen LogP contribution in [0.15, 0.2) is 30.6 Å². The molecule has 2 aromatic rings. The molecular formula is C12H17N3O2S2. The number of pyridine rings is 1. The number of sulfonamides is 1. The lowest BCUT2D eigenvalue weighted by Gasteiger charge is -2.01. The lowest BCUT2D eigenvalue weighted by molar-refractivity contribution is 0.587. The SMILES string of the molecule is CS(=O)(=O)NCCCSCc1cn2ccccc2n1. The summed E-state index contributed by atoms with van der Waals surface area (Å²) in [6, 6.07) is 5.92. The molecule has 7 heteroatoms. The topological polar surface area (TPSA) is 63.5 Å². The average Bonchev–Trinajstić information content (AvgIpc) is 2.74. The molecule has 0 atom stereocenters. The van der Waals surface area contributed by atoms with Crippen molar-refractivity contribution in [3.63, 3.8) is 0 Å². The Morgan fingerprint density at radius 2 is 2.26 bits per heavy atom. The van der Waals surface area contributed by atoms with Gasteiger partial charge in [-0.3, -0.25) is 0 Å². The Labute approximate surface area is 117 Å². The quantitative estimate of drug-likeness (QED) is 0.787. The van der Waals surface area contributed by atoms with Gasteiger partial charge in [-0.05, 0) is 24.3 Å². The molecule has 19 heavy (non-hydrogen) atoms. The summed E-state index contributed by atoms with van der Waals surface area (Å²) < 4.78 is 26.2. The van der Waals surface area contributed by atoms with Gasteiger partial charge in [0.25, 0.3) is 0 Å². The van der Waals surface area contributed by atoms with Crippen LogP contribution in [-0.2, 0) is 15.8 Å². The number of hydrogen-bond donors (Lipinski definition) is 1. The molecule has 2 heterocycles. The molecule has 0 saturated carbocycles. The third-order valence-electron chi connectivity index (χ3n) is 2.49. The van der Waals surface area contributed by atoms with Crippen LogP contribution in [0.4, 0.5) is 0 Å². The molecule has 0 radical (unpaired) electrons. The number of hydrogen-bond acceptors (Lipinski definition) is 4. The lowest BCUT2D eigenvalue weighted by Crippen LogP contribution is -2.23. The molecule has 0 fully saturated rings. The van der Waals surface area contributed by atoms with Gasteiger partial charge in [-0.25, -0.2) is 18.1 Å². The molecule has 0 spiro atoms. The first-order chi connectivity index (χ1) is 9.04. The van der Waals surface area contributed by atoms with E-state index < -0.39 is 10.0 Å². The molecule has 0 amide bonds. The number of thioether (sulfide) groups is 1. The predicted molar refractivity (Wildman–Crippen MR) is 78.8 cm³/mol. The third kappa shape index (κ3) is 4.85. The summed E-state index contributed by atoms with van der Waals surface area (Å²) in [4.78, 5) is 4.50. The van der Waals surface area contributed by atoms with Crippen molar-refractivity contribution in [2.45, 2.75) is 12.2 Å². The molecule has 1 N–H and O–H groups in total. The summed E-state index contributed by atoms with van der Waals surface area (Å²) in [6.45, 7) is 0.497. The van der Waals surface area contributed by atoms with Gasteiger partial charge in [0.15, 0.2) is 0 Å². The molecule has 0 bridgehead atoms. The standard InChI is InChI=1S/C12H17N3O2S2/c1-19(16,17)13-6-4-8-18-10-11-9-15-7-3-2-5-12(15)14-11/h2-3,5,7,9,13H,4,6,8,10H2,1H3. The first-order valence-electron chi connectivity index (χ1n) is 5.99. The molecule has 2 rings (SSSR count). The van der Waals surface area contributed by atoms with Crippen molar-refractivity contribution in [1.29, 1.82) is 0 Å². The van der Waals surface area contributed by atoms with E-state index in [1.54, 1.807) is 11.8 Å². The minimum atomic E-state index is -3.06. The molecule has 104 valence electrons. The fraction of sp³-hybridized carbons (Fsp3) is 0.417. The molecule has 2 aromatic heterocycles. The van der Waals surface area contributed by atoms with Gasteiger partial charge in [-0.2, -0.15) is 11.8 Å². The zero-order valence-electron chi connectivity index (χ0n) is 10.7. The molecule has 0 saturated heterocycles. The first kappa shape index (κ1) is 14.4. The Bertz CT molecular complexity index is 604. The molecule has 0 unspecified atom stereocenters. The van der Waals surface area contributed by atoms with E-state index in [1.165, 1.54) is 6.26 Å². The molecule has 0 aliphatic carbocycles. The highest BCUT2D eigenvalue weighted by Gasteiger charge is 2.02. The van der Waals surface area contributed by atoms with Crippen LogP contribution in [0, 0.1) is 0 Å². The number of nitrogens with zero attached hydrogens (tertiary/aromatic N) is 2. The van der Waals surface area contributed by atoms with E-state index in [1.807, 2.05) is 35.0 Å². The number of imidazole rings is 1. The molecular weight excluding hydrogens is 282 g/mol. The Morgan fingerprint density at radius 1 is 1.42 bits per heavy atom. The van der Waals surface area contributed by atoms with Crippen LogP contribution >= 0.6 is 11.8 Å². The fourth-order valence-electron chi connectivity index (χ4n) is 1.67. The van der Waals surface area contributed by atoms with Crippen molar-refractivity contribution >= 4 is 27.4 Å². The normalized spacial score (nSPS) is 12.1. The van der Waals surface area contributed by atoms with E-state index in [-0.39, 0.29) is 0 Å². The number of nitrogens with one attached hydrogen (secondary N) is 1. The van der Waals surface area contributed by atoms with E-state index in [0.29, 0.717) is 6.54 Å². The largest absolute Gasteiger partial charge is 0.307 e. The van der Waals surface area contributed by atoms with Gasteiger partial charge in [-0.15, -0.1) is 0 Å². The van der Waals surface area contributed by atoms with Gasteiger partial charge in [0.1, 0.15) is 5.65 Å². The van der Waals surface area contributed by atoms with E-state index in [9.17, 15) is 8.42 Å². The Hall–Kier alpha value is -1.05. The van der Waals surface area contributed by atoms with Crippen LogP contribution in [-0.4, -0.2) is 36.4 Å². The molecule has 0 aliphatic rings. The second kappa shape index (κ2) is 6.40. The van der Waals surface area contributed by atoms with Gasteiger partial charge in [0, 0.05) is 24.7 Å². The Kier molecular flexibility index (Phi) is 4.84. The lowest BCUT2D eigenvalue weighted by atomic mass is 10.5.